The molecule has 0 aromatic rings. The van der Waals surface area contributed by atoms with E-state index in [0.717, 1.165) is 44.9 Å². The third-order valence-corrected chi connectivity index (χ3v) is 4.68. The fraction of sp³-hybridized carbons (Fsp3) is 1.00. The van der Waals surface area contributed by atoms with E-state index in [-0.39, 0.29) is 58.0 Å². The Bertz CT molecular complexity index is 280. The number of aliphatic hydroxyl groups is 1. The first-order valence-corrected chi connectivity index (χ1v) is 8.55. The summed E-state index contributed by atoms with van der Waals surface area (Å²) in [6.45, 7) is 2.03. The molecule has 4 nitrogen and oxygen atoms in total. The maximum Gasteiger partial charge on any atom is 1.00 e. The van der Waals surface area contributed by atoms with Gasteiger partial charge in [0.2, 0.25) is 0 Å². The zero-order chi connectivity index (χ0) is 13.9. The molecule has 6 heteroatoms. The van der Waals surface area contributed by atoms with E-state index < -0.39 is 15.4 Å². The standard InChI is InChI=1S/C13H28O4S.K/c1-2-13(18(15,16)17)11-9-7-5-3-4-6-8-10-12-14;/h13-14H,2-12H2,1H3,(H,15,16,17);/q;+1/p-1. The molecule has 0 aromatic heterocycles. The van der Waals surface area contributed by atoms with E-state index in [9.17, 15) is 13.0 Å². The second kappa shape index (κ2) is 14.4. The second-order valence-electron chi connectivity index (χ2n) is 4.86. The van der Waals surface area contributed by atoms with E-state index in [4.69, 9.17) is 5.11 Å². The van der Waals surface area contributed by atoms with Gasteiger partial charge in [-0.2, -0.15) is 0 Å². The van der Waals surface area contributed by atoms with Gasteiger partial charge in [0.25, 0.3) is 0 Å². The Morgan fingerprint density at radius 3 is 1.74 bits per heavy atom. The molecule has 0 aromatic carbocycles. The van der Waals surface area contributed by atoms with Gasteiger partial charge in [0.1, 0.15) is 0 Å². The molecule has 0 bridgehead atoms. The van der Waals surface area contributed by atoms with Crippen LogP contribution in [0.2, 0.25) is 0 Å². The van der Waals surface area contributed by atoms with E-state index in [1.807, 2.05) is 0 Å². The minimum atomic E-state index is -4.10. The molecule has 0 aliphatic rings. The van der Waals surface area contributed by atoms with Gasteiger partial charge in [-0.05, 0) is 19.3 Å². The fourth-order valence-corrected chi connectivity index (χ4v) is 2.96. The van der Waals surface area contributed by atoms with Gasteiger partial charge in [0, 0.05) is 11.9 Å². The van der Waals surface area contributed by atoms with Gasteiger partial charge in [0.15, 0.2) is 0 Å². The van der Waals surface area contributed by atoms with Crippen LogP contribution < -0.4 is 51.4 Å². The molecule has 19 heavy (non-hydrogen) atoms. The molecule has 0 heterocycles. The second-order valence-corrected chi connectivity index (χ2v) is 6.52. The molecule has 0 saturated heterocycles. The van der Waals surface area contributed by atoms with Crippen LogP contribution in [0.5, 0.6) is 0 Å². The molecule has 1 N–H and O–H groups in total. The summed E-state index contributed by atoms with van der Waals surface area (Å²) < 4.78 is 32.6. The van der Waals surface area contributed by atoms with E-state index >= 15 is 0 Å². The number of hydrogen-bond acceptors (Lipinski definition) is 4. The van der Waals surface area contributed by atoms with Crippen molar-refractivity contribution in [3.8, 4) is 0 Å². The Morgan fingerprint density at radius 2 is 1.37 bits per heavy atom. The molecule has 0 amide bonds. The van der Waals surface area contributed by atoms with Crippen LogP contribution in [0.3, 0.4) is 0 Å². The van der Waals surface area contributed by atoms with Crippen molar-refractivity contribution in [3.05, 3.63) is 0 Å². The largest absolute Gasteiger partial charge is 1.00 e. The first kappa shape index (κ1) is 22.8. The third kappa shape index (κ3) is 14.2. The van der Waals surface area contributed by atoms with Crippen molar-refractivity contribution in [2.75, 3.05) is 6.61 Å². The maximum absolute atomic E-state index is 10.9. The van der Waals surface area contributed by atoms with E-state index in [1.165, 1.54) is 6.42 Å². The monoisotopic (exact) mass is 318 g/mol. The van der Waals surface area contributed by atoms with Crippen LogP contribution in [-0.2, 0) is 10.1 Å². The number of unbranched alkanes of at least 4 members (excludes halogenated alkanes) is 7. The summed E-state index contributed by atoms with van der Waals surface area (Å²) in [5.41, 5.74) is 0. The topological polar surface area (TPSA) is 77.4 Å². The molecular formula is C13H27KO4S. The summed E-state index contributed by atoms with van der Waals surface area (Å²) in [6.07, 6.45) is 9.34. The third-order valence-electron chi connectivity index (χ3n) is 3.30. The first-order chi connectivity index (χ1) is 8.52. The minimum absolute atomic E-state index is 0. The Labute approximate surface area is 160 Å². The van der Waals surface area contributed by atoms with Gasteiger partial charge in [-0.15, -0.1) is 0 Å². The van der Waals surface area contributed by atoms with Gasteiger partial charge in [-0.1, -0.05) is 51.9 Å². The van der Waals surface area contributed by atoms with Crippen LogP contribution in [-0.4, -0.2) is 29.9 Å². The average Bonchev–Trinajstić information content (AvgIpc) is 2.30. The predicted molar refractivity (Wildman–Crippen MR) is 72.4 cm³/mol. The van der Waals surface area contributed by atoms with E-state index in [2.05, 4.69) is 0 Å². The number of hydrogen-bond donors (Lipinski definition) is 1. The summed E-state index contributed by atoms with van der Waals surface area (Å²) in [5.74, 6) is 0. The van der Waals surface area contributed by atoms with Crippen LogP contribution >= 0.6 is 0 Å². The van der Waals surface area contributed by atoms with Gasteiger partial charge < -0.3 is 9.66 Å². The molecule has 0 aliphatic heterocycles. The van der Waals surface area contributed by atoms with Gasteiger partial charge >= 0.3 is 51.4 Å². The van der Waals surface area contributed by atoms with Crippen molar-refractivity contribution in [2.45, 2.75) is 76.4 Å². The molecule has 0 rings (SSSR count). The zero-order valence-corrected chi connectivity index (χ0v) is 16.4. The Morgan fingerprint density at radius 1 is 0.947 bits per heavy atom. The van der Waals surface area contributed by atoms with Crippen LogP contribution in [0.25, 0.3) is 0 Å². The Kier molecular flexibility index (Phi) is 17.3. The van der Waals surface area contributed by atoms with Gasteiger partial charge in [0.05, 0.1) is 10.1 Å². The van der Waals surface area contributed by atoms with Crippen LogP contribution in [0.1, 0.15) is 71.1 Å². The van der Waals surface area contributed by atoms with Crippen molar-refractivity contribution < 1.29 is 69.5 Å². The molecule has 110 valence electrons. The quantitative estimate of drug-likeness (QED) is 0.308. The van der Waals surface area contributed by atoms with Crippen LogP contribution in [0.4, 0.5) is 0 Å². The first-order valence-electron chi connectivity index (χ1n) is 7.08. The SMILES string of the molecule is CCC(CCCCCCCCCCO)S(=O)(=O)[O-].[K+]. The average molecular weight is 319 g/mol. The van der Waals surface area contributed by atoms with Gasteiger partial charge in [-0.3, -0.25) is 0 Å². The molecule has 1 unspecified atom stereocenters. The van der Waals surface area contributed by atoms with Crippen molar-refractivity contribution in [1.29, 1.82) is 0 Å². The van der Waals surface area contributed by atoms with Crippen molar-refractivity contribution >= 4 is 10.1 Å². The molecule has 0 spiro atoms. The van der Waals surface area contributed by atoms with E-state index in [1.54, 1.807) is 6.92 Å². The normalized spacial score (nSPS) is 13.0. The van der Waals surface area contributed by atoms with Crippen LogP contribution in [0.15, 0.2) is 0 Å². The summed E-state index contributed by atoms with van der Waals surface area (Å²) in [6, 6.07) is 0. The number of rotatable bonds is 12. The molecule has 0 fully saturated rings. The summed E-state index contributed by atoms with van der Waals surface area (Å²) in [4.78, 5) is 0. The summed E-state index contributed by atoms with van der Waals surface area (Å²) in [5, 5.41) is 7.91. The summed E-state index contributed by atoms with van der Waals surface area (Å²) >= 11 is 0. The van der Waals surface area contributed by atoms with E-state index in [0.29, 0.717) is 12.8 Å². The molecule has 0 saturated carbocycles. The molecule has 0 radical (unpaired) electrons. The van der Waals surface area contributed by atoms with Crippen molar-refractivity contribution in [2.24, 2.45) is 0 Å². The molecular weight excluding hydrogens is 291 g/mol. The van der Waals surface area contributed by atoms with Crippen molar-refractivity contribution in [1.82, 2.24) is 0 Å². The molecule has 1 atom stereocenters. The molecule has 0 aliphatic carbocycles. The smallest absolute Gasteiger partial charge is 0.748 e. The minimum Gasteiger partial charge on any atom is -0.748 e. The van der Waals surface area contributed by atoms with Crippen LogP contribution in [0, 0.1) is 0 Å². The van der Waals surface area contributed by atoms with Crippen molar-refractivity contribution in [3.63, 3.8) is 0 Å². The predicted octanol–water partition coefficient (Wildman–Crippen LogP) is -0.183. The zero-order valence-electron chi connectivity index (χ0n) is 12.4. The fourth-order valence-electron chi connectivity index (χ4n) is 2.10. The summed E-state index contributed by atoms with van der Waals surface area (Å²) in [7, 11) is -4.10. The Hall–Kier alpha value is 1.51. The number of aliphatic hydroxyl groups excluding tert-OH is 1. The maximum atomic E-state index is 10.9. The Balaban J connectivity index is 0. The van der Waals surface area contributed by atoms with Gasteiger partial charge in [-0.25, -0.2) is 8.42 Å².